The van der Waals surface area contributed by atoms with Crippen molar-refractivity contribution < 1.29 is 18.3 Å². The third kappa shape index (κ3) is 3.54. The van der Waals surface area contributed by atoms with E-state index in [4.69, 9.17) is 0 Å². The lowest BCUT2D eigenvalue weighted by Gasteiger charge is -2.11. The molecular formula is C14H12F3NO. The molecule has 19 heavy (non-hydrogen) atoms. The number of halogens is 3. The molecule has 100 valence electrons. The summed E-state index contributed by atoms with van der Waals surface area (Å²) in [6.07, 6.45) is -4.19. The first kappa shape index (κ1) is 13.5. The highest BCUT2D eigenvalue weighted by molar-refractivity contribution is 5.21. The molecule has 0 spiro atoms. The van der Waals surface area contributed by atoms with E-state index >= 15 is 0 Å². The maximum absolute atomic E-state index is 12.4. The fourth-order valence-corrected chi connectivity index (χ4v) is 1.70. The zero-order chi connectivity index (χ0) is 13.9. The van der Waals surface area contributed by atoms with Crippen molar-refractivity contribution in [3.63, 3.8) is 0 Å². The lowest BCUT2D eigenvalue weighted by Crippen LogP contribution is -2.07. The Bertz CT molecular complexity index is 523. The van der Waals surface area contributed by atoms with Gasteiger partial charge in [0.05, 0.1) is 11.7 Å². The summed E-state index contributed by atoms with van der Waals surface area (Å²) in [6, 6.07) is 11.2. The summed E-state index contributed by atoms with van der Waals surface area (Å²) < 4.78 is 37.1. The molecule has 2 aromatic rings. The first-order valence-corrected chi connectivity index (χ1v) is 5.72. The van der Waals surface area contributed by atoms with E-state index in [9.17, 15) is 18.3 Å². The van der Waals surface area contributed by atoms with Crippen molar-refractivity contribution in [3.8, 4) is 0 Å². The van der Waals surface area contributed by atoms with E-state index in [1.807, 2.05) is 6.07 Å². The van der Waals surface area contributed by atoms with Crippen molar-refractivity contribution in [2.45, 2.75) is 18.7 Å². The molecule has 1 atom stereocenters. The van der Waals surface area contributed by atoms with E-state index in [0.717, 1.165) is 12.3 Å². The number of aliphatic hydroxyl groups excluding tert-OH is 1. The topological polar surface area (TPSA) is 33.1 Å². The van der Waals surface area contributed by atoms with E-state index in [1.165, 1.54) is 6.07 Å². The molecule has 0 saturated carbocycles. The predicted octanol–water partition coefficient (Wildman–Crippen LogP) is 3.38. The van der Waals surface area contributed by atoms with Crippen molar-refractivity contribution >= 4 is 0 Å². The summed E-state index contributed by atoms with van der Waals surface area (Å²) in [5.41, 5.74) is 0.346. The van der Waals surface area contributed by atoms with Crippen LogP contribution in [0.5, 0.6) is 0 Å². The Hall–Kier alpha value is -1.88. The van der Waals surface area contributed by atoms with Gasteiger partial charge in [-0.05, 0) is 17.7 Å². The maximum Gasteiger partial charge on any atom is 0.417 e. The second kappa shape index (κ2) is 5.40. The summed E-state index contributed by atoms with van der Waals surface area (Å²) in [7, 11) is 0. The number of benzene rings is 1. The van der Waals surface area contributed by atoms with Gasteiger partial charge in [0.15, 0.2) is 0 Å². The smallest absolute Gasteiger partial charge is 0.388 e. The van der Waals surface area contributed by atoms with Gasteiger partial charge >= 0.3 is 6.18 Å². The standard InChI is InChI=1S/C14H12F3NO/c15-14(16,17)11-6-7-12(18-9-11)8-13(19)10-4-2-1-3-5-10/h1-7,9,13,19H,8H2. The van der Waals surface area contributed by atoms with Crippen molar-refractivity contribution in [1.82, 2.24) is 4.98 Å². The van der Waals surface area contributed by atoms with Gasteiger partial charge in [0, 0.05) is 18.3 Å². The number of rotatable bonds is 3. The molecule has 1 aromatic heterocycles. The first-order chi connectivity index (χ1) is 8.97. The van der Waals surface area contributed by atoms with Gasteiger partial charge in [0.2, 0.25) is 0 Å². The number of pyridine rings is 1. The number of alkyl halides is 3. The van der Waals surface area contributed by atoms with E-state index in [-0.39, 0.29) is 6.42 Å². The summed E-state index contributed by atoms with van der Waals surface area (Å²) in [6.45, 7) is 0. The van der Waals surface area contributed by atoms with Gasteiger partial charge in [-0.25, -0.2) is 0 Å². The molecule has 1 N–H and O–H groups in total. The zero-order valence-corrected chi connectivity index (χ0v) is 9.93. The van der Waals surface area contributed by atoms with Crippen LogP contribution in [0.4, 0.5) is 13.2 Å². The minimum atomic E-state index is -4.39. The zero-order valence-electron chi connectivity index (χ0n) is 9.93. The highest BCUT2D eigenvalue weighted by Crippen LogP contribution is 2.28. The lowest BCUT2D eigenvalue weighted by molar-refractivity contribution is -0.137. The monoisotopic (exact) mass is 267 g/mol. The Balaban J connectivity index is 2.08. The van der Waals surface area contributed by atoms with Crippen LogP contribution in [0.3, 0.4) is 0 Å². The lowest BCUT2D eigenvalue weighted by atomic mass is 10.0. The van der Waals surface area contributed by atoms with Gasteiger partial charge < -0.3 is 5.11 Å². The van der Waals surface area contributed by atoms with Crippen LogP contribution < -0.4 is 0 Å². The molecule has 1 heterocycles. The number of aliphatic hydroxyl groups is 1. The van der Waals surface area contributed by atoms with E-state index in [1.54, 1.807) is 24.3 Å². The Labute approximate surface area is 108 Å². The third-order valence-electron chi connectivity index (χ3n) is 2.74. The Morgan fingerprint density at radius 1 is 1.05 bits per heavy atom. The minimum Gasteiger partial charge on any atom is -0.388 e. The molecule has 0 aliphatic rings. The first-order valence-electron chi connectivity index (χ1n) is 5.72. The van der Waals surface area contributed by atoms with Crippen molar-refractivity contribution in [2.24, 2.45) is 0 Å². The number of hydrogen-bond acceptors (Lipinski definition) is 2. The summed E-state index contributed by atoms with van der Waals surface area (Å²) in [4.78, 5) is 3.73. The molecule has 0 radical (unpaired) electrons. The van der Waals surface area contributed by atoms with E-state index < -0.39 is 17.8 Å². The van der Waals surface area contributed by atoms with Crippen LogP contribution in [0.25, 0.3) is 0 Å². The van der Waals surface area contributed by atoms with Crippen molar-refractivity contribution in [2.75, 3.05) is 0 Å². The molecule has 2 rings (SSSR count). The Morgan fingerprint density at radius 2 is 1.74 bits per heavy atom. The average molecular weight is 267 g/mol. The fraction of sp³-hybridized carbons (Fsp3) is 0.214. The van der Waals surface area contributed by atoms with Crippen molar-refractivity contribution in [1.29, 1.82) is 0 Å². The normalized spacial score (nSPS) is 13.3. The number of hydrogen-bond donors (Lipinski definition) is 1. The van der Waals surface area contributed by atoms with Gasteiger partial charge in [-0.2, -0.15) is 13.2 Å². The molecule has 5 heteroatoms. The Morgan fingerprint density at radius 3 is 2.26 bits per heavy atom. The summed E-state index contributed by atoms with van der Waals surface area (Å²) >= 11 is 0. The molecule has 0 saturated heterocycles. The van der Waals surface area contributed by atoms with Crippen LogP contribution in [0.1, 0.15) is 22.9 Å². The molecule has 0 bridgehead atoms. The second-order valence-electron chi connectivity index (χ2n) is 4.17. The molecule has 0 aliphatic heterocycles. The molecular weight excluding hydrogens is 255 g/mol. The van der Waals surface area contributed by atoms with Gasteiger partial charge in [0.1, 0.15) is 0 Å². The summed E-state index contributed by atoms with van der Waals surface area (Å²) in [5, 5.41) is 9.94. The fourth-order valence-electron chi connectivity index (χ4n) is 1.70. The van der Waals surface area contributed by atoms with Crippen LogP contribution in [-0.4, -0.2) is 10.1 Å². The van der Waals surface area contributed by atoms with Crippen LogP contribution in [0, 0.1) is 0 Å². The average Bonchev–Trinajstić information content (AvgIpc) is 2.39. The number of aromatic nitrogens is 1. The van der Waals surface area contributed by atoms with E-state index in [0.29, 0.717) is 11.3 Å². The number of nitrogens with zero attached hydrogens (tertiary/aromatic N) is 1. The quantitative estimate of drug-likeness (QED) is 0.924. The van der Waals surface area contributed by atoms with Crippen molar-refractivity contribution in [3.05, 3.63) is 65.5 Å². The van der Waals surface area contributed by atoms with E-state index in [2.05, 4.69) is 4.98 Å². The van der Waals surface area contributed by atoms with Gasteiger partial charge in [-0.3, -0.25) is 4.98 Å². The molecule has 0 fully saturated rings. The minimum absolute atomic E-state index is 0.183. The predicted molar refractivity (Wildman–Crippen MR) is 64.3 cm³/mol. The highest BCUT2D eigenvalue weighted by Gasteiger charge is 2.30. The molecule has 0 aliphatic carbocycles. The Kier molecular flexibility index (Phi) is 3.85. The van der Waals surface area contributed by atoms with Crippen LogP contribution in [0.15, 0.2) is 48.7 Å². The van der Waals surface area contributed by atoms with Crippen LogP contribution in [-0.2, 0) is 12.6 Å². The van der Waals surface area contributed by atoms with Gasteiger partial charge in [-0.1, -0.05) is 30.3 Å². The SMILES string of the molecule is OC(Cc1ccc(C(F)(F)F)cn1)c1ccccc1. The van der Waals surface area contributed by atoms with Gasteiger partial charge in [0.25, 0.3) is 0 Å². The maximum atomic E-state index is 12.4. The largest absolute Gasteiger partial charge is 0.417 e. The third-order valence-corrected chi connectivity index (χ3v) is 2.74. The van der Waals surface area contributed by atoms with Gasteiger partial charge in [-0.15, -0.1) is 0 Å². The van der Waals surface area contributed by atoms with Crippen LogP contribution >= 0.6 is 0 Å². The van der Waals surface area contributed by atoms with Crippen LogP contribution in [0.2, 0.25) is 0 Å². The second-order valence-corrected chi connectivity index (χ2v) is 4.17. The molecule has 0 amide bonds. The molecule has 1 unspecified atom stereocenters. The summed E-state index contributed by atoms with van der Waals surface area (Å²) in [5.74, 6) is 0. The molecule has 1 aromatic carbocycles. The molecule has 2 nitrogen and oxygen atoms in total. The highest BCUT2D eigenvalue weighted by atomic mass is 19.4.